The molecule has 1 saturated heterocycles. The molecule has 2 N–H and O–H groups in total. The van der Waals surface area contributed by atoms with E-state index in [0.717, 1.165) is 12.2 Å². The Morgan fingerprint density at radius 2 is 2.09 bits per heavy atom. The second kappa shape index (κ2) is 6.12. The Hall–Kier alpha value is -1.82. The zero-order chi connectivity index (χ0) is 16.4. The van der Waals surface area contributed by atoms with Crippen LogP contribution in [0.5, 0.6) is 0 Å². The average Bonchev–Trinajstić information content (AvgIpc) is 2.35. The first kappa shape index (κ1) is 16.5. The zero-order valence-electron chi connectivity index (χ0n) is 13.5. The van der Waals surface area contributed by atoms with Crippen molar-refractivity contribution in [2.45, 2.75) is 33.3 Å². The van der Waals surface area contributed by atoms with E-state index in [1.807, 2.05) is 0 Å². The molecule has 0 aliphatic carbocycles. The molecule has 1 aliphatic rings. The summed E-state index contributed by atoms with van der Waals surface area (Å²) in [6.45, 7) is 9.53. The molecule has 0 aromatic heterocycles. The highest BCUT2D eigenvalue weighted by Gasteiger charge is 2.32. The number of anilines is 2. The van der Waals surface area contributed by atoms with Crippen molar-refractivity contribution in [1.29, 1.82) is 0 Å². The van der Waals surface area contributed by atoms with Crippen LogP contribution < -0.4 is 10.6 Å². The molecular weight excluding hydrogens is 287 g/mol. The van der Waals surface area contributed by atoms with Gasteiger partial charge in [-0.05, 0) is 39.0 Å². The van der Waals surface area contributed by atoms with Gasteiger partial charge in [-0.1, -0.05) is 6.92 Å². The van der Waals surface area contributed by atoms with Crippen LogP contribution in [-0.4, -0.2) is 31.5 Å². The van der Waals surface area contributed by atoms with Gasteiger partial charge in [0.15, 0.2) is 0 Å². The summed E-state index contributed by atoms with van der Waals surface area (Å²) < 4.78 is 24.1. The lowest BCUT2D eigenvalue weighted by Gasteiger charge is -2.38. The molecule has 1 aromatic carbocycles. The quantitative estimate of drug-likeness (QED) is 0.891. The van der Waals surface area contributed by atoms with Gasteiger partial charge in [0.2, 0.25) is 0 Å². The van der Waals surface area contributed by atoms with Crippen molar-refractivity contribution in [2.75, 3.05) is 30.4 Å². The van der Waals surface area contributed by atoms with E-state index in [-0.39, 0.29) is 11.1 Å². The van der Waals surface area contributed by atoms with E-state index in [2.05, 4.69) is 17.6 Å². The minimum absolute atomic E-state index is 0.0919. The number of amides is 1. The maximum absolute atomic E-state index is 13.8. The van der Waals surface area contributed by atoms with Gasteiger partial charge in [0.25, 0.3) is 0 Å². The van der Waals surface area contributed by atoms with Gasteiger partial charge in [-0.2, -0.15) is 0 Å². The fourth-order valence-corrected chi connectivity index (χ4v) is 2.01. The third-order valence-electron chi connectivity index (χ3n) is 3.22. The molecule has 0 radical (unpaired) electrons. The maximum atomic E-state index is 13.8. The first-order valence-electron chi connectivity index (χ1n) is 7.28. The van der Waals surface area contributed by atoms with E-state index in [9.17, 15) is 9.18 Å². The molecule has 1 aromatic rings. The Labute approximate surface area is 130 Å². The van der Waals surface area contributed by atoms with E-state index < -0.39 is 17.5 Å². The second-order valence-corrected chi connectivity index (χ2v) is 6.98. The number of rotatable bonds is 4. The lowest BCUT2D eigenvalue weighted by molar-refractivity contribution is -0.0924. The summed E-state index contributed by atoms with van der Waals surface area (Å²) in [7, 11) is 0. The van der Waals surface area contributed by atoms with Crippen molar-refractivity contribution in [1.82, 2.24) is 0 Å². The Bertz CT molecular complexity index is 551. The molecule has 5 nitrogen and oxygen atoms in total. The van der Waals surface area contributed by atoms with Crippen LogP contribution in [0.15, 0.2) is 18.2 Å². The summed E-state index contributed by atoms with van der Waals surface area (Å²) in [6, 6.07) is 4.51. The molecule has 1 amide bonds. The third-order valence-corrected chi connectivity index (χ3v) is 3.22. The molecule has 6 heteroatoms. The van der Waals surface area contributed by atoms with Crippen LogP contribution in [0.4, 0.5) is 20.6 Å². The zero-order valence-corrected chi connectivity index (χ0v) is 13.5. The minimum atomic E-state index is -0.678. The van der Waals surface area contributed by atoms with E-state index in [1.165, 1.54) is 6.07 Å². The van der Waals surface area contributed by atoms with Crippen LogP contribution in [0.1, 0.15) is 27.7 Å². The Morgan fingerprint density at radius 1 is 1.41 bits per heavy atom. The van der Waals surface area contributed by atoms with Crippen molar-refractivity contribution in [3.8, 4) is 0 Å². The Balaban J connectivity index is 1.98. The van der Waals surface area contributed by atoms with E-state index >= 15 is 0 Å². The lowest BCUT2D eigenvalue weighted by Crippen LogP contribution is -2.45. The molecule has 2 rings (SSSR count). The second-order valence-electron chi connectivity index (χ2n) is 6.98. The summed E-state index contributed by atoms with van der Waals surface area (Å²) in [5.41, 5.74) is 0.303. The number of nitrogens with one attached hydrogen (secondary N) is 2. The molecule has 1 aliphatic heterocycles. The van der Waals surface area contributed by atoms with E-state index in [0.29, 0.717) is 13.2 Å². The summed E-state index contributed by atoms with van der Waals surface area (Å²) in [4.78, 5) is 11.7. The number of carbonyl (C=O) groups excluding carboxylic acids is 1. The predicted octanol–water partition coefficient (Wildman–Crippen LogP) is 3.62. The number of ether oxygens (including phenoxy) is 2. The van der Waals surface area contributed by atoms with Crippen LogP contribution in [0.25, 0.3) is 0 Å². The molecule has 1 heterocycles. The van der Waals surface area contributed by atoms with Crippen LogP contribution in [0, 0.1) is 11.2 Å². The molecule has 122 valence electrons. The molecule has 0 saturated carbocycles. The summed E-state index contributed by atoms with van der Waals surface area (Å²) in [6.07, 6.45) is -0.678. The van der Waals surface area contributed by atoms with Crippen LogP contribution in [0.2, 0.25) is 0 Å². The first-order valence-corrected chi connectivity index (χ1v) is 7.28. The number of hydrogen-bond acceptors (Lipinski definition) is 4. The fraction of sp³-hybridized carbons (Fsp3) is 0.562. The van der Waals surface area contributed by atoms with E-state index in [4.69, 9.17) is 9.47 Å². The van der Waals surface area contributed by atoms with Crippen LogP contribution in [-0.2, 0) is 9.47 Å². The number of benzene rings is 1. The largest absolute Gasteiger partial charge is 0.444 e. The monoisotopic (exact) mass is 310 g/mol. The third kappa shape index (κ3) is 4.59. The normalized spacial score (nSPS) is 16.6. The van der Waals surface area contributed by atoms with Crippen LogP contribution in [0.3, 0.4) is 0 Å². The van der Waals surface area contributed by atoms with Gasteiger partial charge in [0.1, 0.15) is 11.4 Å². The van der Waals surface area contributed by atoms with Crippen molar-refractivity contribution in [3.63, 3.8) is 0 Å². The molecule has 0 spiro atoms. The highest BCUT2D eigenvalue weighted by atomic mass is 19.1. The molecular formula is C16H23FN2O3. The van der Waals surface area contributed by atoms with Gasteiger partial charge >= 0.3 is 6.09 Å². The Morgan fingerprint density at radius 3 is 2.64 bits per heavy atom. The van der Waals surface area contributed by atoms with E-state index in [1.54, 1.807) is 32.9 Å². The van der Waals surface area contributed by atoms with Crippen LogP contribution >= 0.6 is 0 Å². The smallest absolute Gasteiger partial charge is 0.412 e. The SMILES string of the molecule is CC1(CNc2ccc(F)c(NC(=O)OC(C)(C)C)c2)COC1. The maximum Gasteiger partial charge on any atom is 0.412 e. The molecule has 0 atom stereocenters. The van der Waals surface area contributed by atoms with Crippen molar-refractivity contribution < 1.29 is 18.7 Å². The summed E-state index contributed by atoms with van der Waals surface area (Å²) in [5.74, 6) is -0.505. The highest BCUT2D eigenvalue weighted by Crippen LogP contribution is 2.28. The molecule has 0 bridgehead atoms. The van der Waals surface area contributed by atoms with Gasteiger partial charge in [0, 0.05) is 17.6 Å². The van der Waals surface area contributed by atoms with Gasteiger partial charge < -0.3 is 14.8 Å². The molecule has 22 heavy (non-hydrogen) atoms. The van der Waals surface area contributed by atoms with Gasteiger partial charge in [-0.3, -0.25) is 5.32 Å². The number of halogens is 1. The first-order chi connectivity index (χ1) is 10.2. The molecule has 1 fully saturated rings. The number of hydrogen-bond donors (Lipinski definition) is 2. The van der Waals surface area contributed by atoms with Crippen molar-refractivity contribution in [3.05, 3.63) is 24.0 Å². The summed E-state index contributed by atoms with van der Waals surface area (Å²) in [5, 5.41) is 5.67. The number of carbonyl (C=O) groups is 1. The fourth-order valence-electron chi connectivity index (χ4n) is 2.01. The topological polar surface area (TPSA) is 59.6 Å². The molecule has 0 unspecified atom stereocenters. The highest BCUT2D eigenvalue weighted by molar-refractivity contribution is 5.85. The summed E-state index contributed by atoms with van der Waals surface area (Å²) >= 11 is 0. The minimum Gasteiger partial charge on any atom is -0.444 e. The lowest BCUT2D eigenvalue weighted by atomic mass is 9.89. The van der Waals surface area contributed by atoms with Gasteiger partial charge in [0.05, 0.1) is 18.9 Å². The predicted molar refractivity (Wildman–Crippen MR) is 83.7 cm³/mol. The Kier molecular flexibility index (Phi) is 4.60. The van der Waals surface area contributed by atoms with Crippen molar-refractivity contribution in [2.24, 2.45) is 5.41 Å². The van der Waals surface area contributed by atoms with Gasteiger partial charge in [-0.25, -0.2) is 9.18 Å². The average molecular weight is 310 g/mol. The van der Waals surface area contributed by atoms with Gasteiger partial charge in [-0.15, -0.1) is 0 Å². The van der Waals surface area contributed by atoms with Crippen molar-refractivity contribution >= 4 is 17.5 Å². The standard InChI is InChI=1S/C16H23FN2O3/c1-15(2,3)22-14(20)19-13-7-11(5-6-12(13)17)18-8-16(4)9-21-10-16/h5-7,18H,8-10H2,1-4H3,(H,19,20).